The van der Waals surface area contributed by atoms with Crippen molar-refractivity contribution in [2.45, 2.75) is 39.3 Å². The molecule has 1 aliphatic rings. The summed E-state index contributed by atoms with van der Waals surface area (Å²) in [6.45, 7) is 6.42. The van der Waals surface area contributed by atoms with Crippen LogP contribution < -0.4 is 10.2 Å². The van der Waals surface area contributed by atoms with Crippen molar-refractivity contribution in [3.8, 4) is 0 Å². The Hall–Kier alpha value is -1.49. The molecule has 1 aromatic heterocycles. The second-order valence-corrected chi connectivity index (χ2v) is 5.38. The summed E-state index contributed by atoms with van der Waals surface area (Å²) in [4.78, 5) is 13.0. The van der Waals surface area contributed by atoms with Crippen LogP contribution in [-0.2, 0) is 11.3 Å². The SMILES string of the molecule is CC(C)NCc1ccc(N2CCC(C(=O)O)CC2)o1. The Morgan fingerprint density at radius 3 is 2.74 bits per heavy atom. The Kier molecular flexibility index (Phi) is 4.47. The lowest BCUT2D eigenvalue weighted by atomic mass is 9.97. The van der Waals surface area contributed by atoms with Crippen molar-refractivity contribution >= 4 is 11.9 Å². The highest BCUT2D eigenvalue weighted by atomic mass is 16.4. The molecule has 106 valence electrons. The van der Waals surface area contributed by atoms with E-state index < -0.39 is 5.97 Å². The lowest BCUT2D eigenvalue weighted by molar-refractivity contribution is -0.142. The Labute approximate surface area is 113 Å². The number of nitrogens with one attached hydrogen (secondary N) is 1. The summed E-state index contributed by atoms with van der Waals surface area (Å²) in [7, 11) is 0. The Bertz CT molecular complexity index is 420. The molecule has 0 bridgehead atoms. The zero-order valence-electron chi connectivity index (χ0n) is 11.6. The Balaban J connectivity index is 1.88. The smallest absolute Gasteiger partial charge is 0.306 e. The minimum atomic E-state index is -0.680. The zero-order chi connectivity index (χ0) is 13.8. The highest BCUT2D eigenvalue weighted by Gasteiger charge is 2.25. The molecule has 2 heterocycles. The van der Waals surface area contributed by atoms with Crippen molar-refractivity contribution < 1.29 is 14.3 Å². The van der Waals surface area contributed by atoms with Crippen molar-refractivity contribution in [2.75, 3.05) is 18.0 Å². The van der Waals surface area contributed by atoms with Crippen LogP contribution in [0.5, 0.6) is 0 Å². The van der Waals surface area contributed by atoms with Crippen molar-refractivity contribution in [1.82, 2.24) is 5.32 Å². The lowest BCUT2D eigenvalue weighted by Gasteiger charge is -2.29. The molecule has 0 atom stereocenters. The van der Waals surface area contributed by atoms with Gasteiger partial charge in [-0.3, -0.25) is 4.79 Å². The van der Waals surface area contributed by atoms with Gasteiger partial charge in [0.15, 0.2) is 5.88 Å². The van der Waals surface area contributed by atoms with Crippen LogP contribution in [-0.4, -0.2) is 30.2 Å². The van der Waals surface area contributed by atoms with Gasteiger partial charge < -0.3 is 19.7 Å². The quantitative estimate of drug-likeness (QED) is 0.854. The number of carboxylic acids is 1. The normalized spacial score (nSPS) is 17.1. The molecule has 2 rings (SSSR count). The van der Waals surface area contributed by atoms with Crippen LogP contribution in [0.2, 0.25) is 0 Å². The van der Waals surface area contributed by atoms with Crippen LogP contribution in [0, 0.1) is 5.92 Å². The van der Waals surface area contributed by atoms with E-state index in [2.05, 4.69) is 24.1 Å². The maximum atomic E-state index is 10.9. The third-order valence-electron chi connectivity index (χ3n) is 3.49. The first-order valence-corrected chi connectivity index (χ1v) is 6.86. The van der Waals surface area contributed by atoms with Gasteiger partial charge in [-0.1, -0.05) is 13.8 Å². The van der Waals surface area contributed by atoms with Crippen molar-refractivity contribution in [3.63, 3.8) is 0 Å². The standard InChI is InChI=1S/C14H22N2O3/c1-10(2)15-9-12-3-4-13(19-12)16-7-5-11(6-8-16)14(17)18/h3-4,10-11,15H,5-9H2,1-2H3,(H,17,18). The van der Waals surface area contributed by atoms with Crippen molar-refractivity contribution in [2.24, 2.45) is 5.92 Å². The van der Waals surface area contributed by atoms with Crippen LogP contribution in [0.15, 0.2) is 16.5 Å². The number of hydrogen-bond acceptors (Lipinski definition) is 4. The molecule has 0 aromatic carbocycles. The molecule has 5 heteroatoms. The maximum Gasteiger partial charge on any atom is 0.306 e. The van der Waals surface area contributed by atoms with Gasteiger partial charge in [0, 0.05) is 25.2 Å². The van der Waals surface area contributed by atoms with E-state index in [1.165, 1.54) is 0 Å². The molecule has 5 nitrogen and oxygen atoms in total. The number of nitrogens with zero attached hydrogens (tertiary/aromatic N) is 1. The van der Waals surface area contributed by atoms with Crippen molar-refractivity contribution in [3.05, 3.63) is 17.9 Å². The fourth-order valence-electron chi connectivity index (χ4n) is 2.28. The van der Waals surface area contributed by atoms with Gasteiger partial charge in [-0.05, 0) is 18.9 Å². The van der Waals surface area contributed by atoms with Crippen LogP contribution in [0.1, 0.15) is 32.4 Å². The summed E-state index contributed by atoms with van der Waals surface area (Å²) in [5.74, 6) is 0.891. The fraction of sp³-hybridized carbons (Fsp3) is 0.643. The first-order valence-electron chi connectivity index (χ1n) is 6.86. The molecule has 2 N–H and O–H groups in total. The number of furan rings is 1. The number of anilines is 1. The van der Waals surface area contributed by atoms with E-state index in [1.807, 2.05) is 12.1 Å². The molecule has 0 aliphatic carbocycles. The molecular formula is C14H22N2O3. The molecule has 0 unspecified atom stereocenters. The molecule has 1 saturated heterocycles. The number of piperidine rings is 1. The number of carbonyl (C=O) groups is 1. The van der Waals surface area contributed by atoms with E-state index in [1.54, 1.807) is 0 Å². The molecular weight excluding hydrogens is 244 g/mol. The van der Waals surface area contributed by atoms with Gasteiger partial charge in [0.2, 0.25) is 0 Å². The van der Waals surface area contributed by atoms with Crippen LogP contribution in [0.3, 0.4) is 0 Å². The van der Waals surface area contributed by atoms with Crippen molar-refractivity contribution in [1.29, 1.82) is 0 Å². The monoisotopic (exact) mass is 266 g/mol. The summed E-state index contributed by atoms with van der Waals surface area (Å²) in [5.41, 5.74) is 0. The minimum absolute atomic E-state index is 0.201. The fourth-order valence-corrected chi connectivity index (χ4v) is 2.28. The number of hydrogen-bond donors (Lipinski definition) is 2. The predicted octanol–water partition coefficient (Wildman–Crippen LogP) is 2.08. The molecule has 1 aliphatic heterocycles. The van der Waals surface area contributed by atoms with Gasteiger partial charge in [-0.15, -0.1) is 0 Å². The van der Waals surface area contributed by atoms with Gasteiger partial charge in [0.05, 0.1) is 12.5 Å². The van der Waals surface area contributed by atoms with E-state index >= 15 is 0 Å². The topological polar surface area (TPSA) is 65.7 Å². The summed E-state index contributed by atoms with van der Waals surface area (Å²) < 4.78 is 5.79. The molecule has 0 saturated carbocycles. The van der Waals surface area contributed by atoms with Crippen LogP contribution in [0.25, 0.3) is 0 Å². The summed E-state index contributed by atoms with van der Waals surface area (Å²) in [6, 6.07) is 4.38. The Morgan fingerprint density at radius 1 is 1.47 bits per heavy atom. The minimum Gasteiger partial charge on any atom is -0.481 e. The lowest BCUT2D eigenvalue weighted by Crippen LogP contribution is -2.36. The third-order valence-corrected chi connectivity index (χ3v) is 3.49. The van der Waals surface area contributed by atoms with Crippen LogP contribution >= 0.6 is 0 Å². The number of aliphatic carboxylic acids is 1. The largest absolute Gasteiger partial charge is 0.481 e. The first-order chi connectivity index (χ1) is 9.06. The third kappa shape index (κ3) is 3.73. The zero-order valence-corrected chi connectivity index (χ0v) is 11.6. The molecule has 0 spiro atoms. The summed E-state index contributed by atoms with van der Waals surface area (Å²) >= 11 is 0. The highest BCUT2D eigenvalue weighted by molar-refractivity contribution is 5.70. The summed E-state index contributed by atoms with van der Waals surface area (Å²) in [6.07, 6.45) is 1.38. The van der Waals surface area contributed by atoms with E-state index in [4.69, 9.17) is 9.52 Å². The van der Waals surface area contributed by atoms with Gasteiger partial charge in [0.25, 0.3) is 0 Å². The highest BCUT2D eigenvalue weighted by Crippen LogP contribution is 2.25. The van der Waals surface area contributed by atoms with Gasteiger partial charge in [0.1, 0.15) is 5.76 Å². The first kappa shape index (κ1) is 13.9. The van der Waals surface area contributed by atoms with Crippen LogP contribution in [0.4, 0.5) is 5.88 Å². The van der Waals surface area contributed by atoms with E-state index in [9.17, 15) is 4.79 Å². The van der Waals surface area contributed by atoms with E-state index in [0.717, 1.165) is 31.3 Å². The van der Waals surface area contributed by atoms with Gasteiger partial charge in [-0.2, -0.15) is 0 Å². The number of carboxylic acid groups (broad SMARTS) is 1. The molecule has 1 fully saturated rings. The summed E-state index contributed by atoms with van der Waals surface area (Å²) in [5, 5.41) is 12.3. The number of rotatable bonds is 5. The van der Waals surface area contributed by atoms with Gasteiger partial charge >= 0.3 is 5.97 Å². The average molecular weight is 266 g/mol. The Morgan fingerprint density at radius 2 is 2.16 bits per heavy atom. The predicted molar refractivity (Wildman–Crippen MR) is 73.3 cm³/mol. The average Bonchev–Trinajstić information content (AvgIpc) is 2.85. The molecule has 1 aromatic rings. The second kappa shape index (κ2) is 6.10. The molecule has 0 radical (unpaired) electrons. The van der Waals surface area contributed by atoms with E-state index in [0.29, 0.717) is 18.9 Å². The van der Waals surface area contributed by atoms with E-state index in [-0.39, 0.29) is 5.92 Å². The molecule has 19 heavy (non-hydrogen) atoms. The van der Waals surface area contributed by atoms with Gasteiger partial charge in [-0.25, -0.2) is 0 Å². The maximum absolute atomic E-state index is 10.9. The molecule has 0 amide bonds. The second-order valence-electron chi connectivity index (χ2n) is 5.38.